The summed E-state index contributed by atoms with van der Waals surface area (Å²) in [7, 11) is 0. The Morgan fingerprint density at radius 1 is 1.02 bits per heavy atom. The fourth-order valence-electron chi connectivity index (χ4n) is 6.62. The van der Waals surface area contributed by atoms with Gasteiger partial charge in [-0.25, -0.2) is 14.2 Å². The third-order valence-electron chi connectivity index (χ3n) is 8.63. The molecule has 40 heavy (non-hydrogen) atoms. The first kappa shape index (κ1) is 26.8. The highest BCUT2D eigenvalue weighted by Crippen LogP contribution is 2.43. The van der Waals surface area contributed by atoms with Gasteiger partial charge in [-0.15, -0.1) is 0 Å². The van der Waals surface area contributed by atoms with E-state index >= 15 is 0 Å². The zero-order valence-corrected chi connectivity index (χ0v) is 22.9. The second kappa shape index (κ2) is 11.6. The van der Waals surface area contributed by atoms with Crippen LogP contribution in [0, 0.1) is 5.82 Å². The molecule has 3 aromatic heterocycles. The van der Waals surface area contributed by atoms with Crippen molar-refractivity contribution in [3.05, 3.63) is 93.5 Å². The molecular weight excluding hydrogens is 507 g/mol. The number of fused-ring (bicyclic) bond motifs is 2. The van der Waals surface area contributed by atoms with E-state index in [9.17, 15) is 9.18 Å². The molecule has 4 aromatic rings. The number of nitrogens with one attached hydrogen (secondary N) is 1. The number of rotatable bonds is 7. The summed E-state index contributed by atoms with van der Waals surface area (Å²) in [5.74, 6) is -0.155. The van der Waals surface area contributed by atoms with Gasteiger partial charge >= 0.3 is 5.69 Å². The minimum atomic E-state index is -0.283. The minimum Gasteiger partial charge on any atom is -0.357 e. The predicted octanol–water partition coefficient (Wildman–Crippen LogP) is 5.14. The number of aromatic nitrogens is 4. The van der Waals surface area contributed by atoms with Crippen LogP contribution in [0.4, 0.5) is 4.39 Å². The lowest BCUT2D eigenvalue weighted by molar-refractivity contribution is -0.0398. The Kier molecular flexibility index (Phi) is 7.78. The van der Waals surface area contributed by atoms with E-state index in [0.717, 1.165) is 73.1 Å². The Labute approximate surface area is 233 Å². The van der Waals surface area contributed by atoms with E-state index in [-0.39, 0.29) is 35.6 Å². The summed E-state index contributed by atoms with van der Waals surface area (Å²) in [4.78, 5) is 26.8. The van der Waals surface area contributed by atoms with Gasteiger partial charge in [0.05, 0.1) is 17.9 Å². The molecule has 9 heteroatoms. The summed E-state index contributed by atoms with van der Waals surface area (Å²) in [6.45, 7) is 4.22. The van der Waals surface area contributed by atoms with E-state index < -0.39 is 0 Å². The van der Waals surface area contributed by atoms with Crippen molar-refractivity contribution in [2.75, 3.05) is 19.8 Å². The molecule has 1 aliphatic carbocycles. The number of aromatic amines is 1. The van der Waals surface area contributed by atoms with Crippen LogP contribution in [0.3, 0.4) is 0 Å². The van der Waals surface area contributed by atoms with Gasteiger partial charge in [-0.1, -0.05) is 31.5 Å². The maximum atomic E-state index is 14.8. The first-order valence-electron chi connectivity index (χ1n) is 14.4. The highest BCUT2D eigenvalue weighted by atomic mass is 19.1. The summed E-state index contributed by atoms with van der Waals surface area (Å²) in [5, 5.41) is 0. The summed E-state index contributed by atoms with van der Waals surface area (Å²) in [5.41, 5.74) is 11.9. The quantitative estimate of drug-likeness (QED) is 0.313. The van der Waals surface area contributed by atoms with Gasteiger partial charge in [-0.05, 0) is 73.1 Å². The van der Waals surface area contributed by atoms with E-state index in [4.69, 9.17) is 15.5 Å². The van der Waals surface area contributed by atoms with Gasteiger partial charge in [0.2, 0.25) is 0 Å². The molecular formula is C31H37FN6O2. The topological polar surface area (TPSA) is 102 Å². The number of ether oxygens (including phenoxy) is 1. The molecule has 1 aromatic carbocycles. The average Bonchev–Trinajstić information content (AvgIpc) is 3.24. The largest absolute Gasteiger partial charge is 0.357 e. The Bertz CT molecular complexity index is 1530. The molecule has 3 atom stereocenters. The number of likely N-dealkylation sites (tertiary alicyclic amines) is 1. The van der Waals surface area contributed by atoms with Crippen LogP contribution in [-0.2, 0) is 11.2 Å². The second-order valence-corrected chi connectivity index (χ2v) is 11.1. The van der Waals surface area contributed by atoms with E-state index in [1.165, 1.54) is 0 Å². The third kappa shape index (κ3) is 5.09. The Hall–Kier alpha value is -3.40. The molecule has 3 N–H and O–H groups in total. The fourth-order valence-corrected chi connectivity index (χ4v) is 6.62. The van der Waals surface area contributed by atoms with Gasteiger partial charge in [0.1, 0.15) is 11.9 Å². The normalized spacial score (nSPS) is 22.3. The average molecular weight is 545 g/mol. The summed E-state index contributed by atoms with van der Waals surface area (Å²) < 4.78 is 23.2. The van der Waals surface area contributed by atoms with Crippen molar-refractivity contribution in [1.82, 2.24) is 24.4 Å². The molecule has 210 valence electrons. The first-order valence-corrected chi connectivity index (χ1v) is 14.4. The van der Waals surface area contributed by atoms with E-state index in [1.54, 1.807) is 24.5 Å². The van der Waals surface area contributed by atoms with E-state index in [2.05, 4.69) is 21.8 Å². The monoisotopic (exact) mass is 544 g/mol. The second-order valence-electron chi connectivity index (χ2n) is 11.1. The predicted molar refractivity (Wildman–Crippen MR) is 152 cm³/mol. The Balaban J connectivity index is 1.15. The van der Waals surface area contributed by atoms with Crippen molar-refractivity contribution in [3.8, 4) is 0 Å². The number of hydrogen-bond acceptors (Lipinski definition) is 6. The number of imidazole rings is 1. The summed E-state index contributed by atoms with van der Waals surface area (Å²) >= 11 is 0. The standard InChI is InChI=1S/C31H37FN6O2/c1-2-6-22-21(7-3-9-25(22)32)23-11-12-27(29-24(28(23)33)8-4-15-34-29)40-19-37-17-13-20(14-18-37)38-26-10-5-16-35-30(26)36-31(38)39/h3-5,7-10,15-16,20,23,27-28H,2,6,11-14,17-19,33H2,1H3,(H,35,36,39). The maximum Gasteiger partial charge on any atom is 0.327 e. The van der Waals surface area contributed by atoms with Crippen LogP contribution >= 0.6 is 0 Å². The Morgan fingerprint density at radius 3 is 2.62 bits per heavy atom. The van der Waals surface area contributed by atoms with Gasteiger partial charge < -0.3 is 10.5 Å². The summed E-state index contributed by atoms with van der Waals surface area (Å²) in [6, 6.07) is 13.0. The molecule has 0 bridgehead atoms. The van der Waals surface area contributed by atoms with Crippen LogP contribution in [0.5, 0.6) is 0 Å². The van der Waals surface area contributed by atoms with Gasteiger partial charge in [-0.2, -0.15) is 0 Å². The number of hydrogen-bond donors (Lipinski definition) is 2. The van der Waals surface area contributed by atoms with Crippen LogP contribution in [0.15, 0.2) is 59.7 Å². The molecule has 8 nitrogen and oxygen atoms in total. The molecule has 0 amide bonds. The van der Waals surface area contributed by atoms with Crippen LogP contribution in [0.25, 0.3) is 11.2 Å². The van der Waals surface area contributed by atoms with Crippen molar-refractivity contribution in [2.24, 2.45) is 5.73 Å². The fraction of sp³-hybridized carbons (Fsp3) is 0.452. The molecule has 4 heterocycles. The van der Waals surface area contributed by atoms with Crippen molar-refractivity contribution in [2.45, 2.75) is 69.6 Å². The van der Waals surface area contributed by atoms with Crippen molar-refractivity contribution in [1.29, 1.82) is 0 Å². The minimum absolute atomic E-state index is 0.00600. The number of pyridine rings is 2. The number of nitrogens with zero attached hydrogens (tertiary/aromatic N) is 4. The number of piperidine rings is 1. The molecule has 0 saturated carbocycles. The van der Waals surface area contributed by atoms with Crippen molar-refractivity contribution in [3.63, 3.8) is 0 Å². The van der Waals surface area contributed by atoms with Crippen molar-refractivity contribution >= 4 is 11.2 Å². The van der Waals surface area contributed by atoms with Gasteiger partial charge in [-0.3, -0.25) is 19.4 Å². The number of halogens is 1. The lowest BCUT2D eigenvalue weighted by Crippen LogP contribution is -2.38. The molecule has 1 fully saturated rings. The molecule has 1 saturated heterocycles. The molecule has 1 aliphatic heterocycles. The third-order valence-corrected chi connectivity index (χ3v) is 8.63. The zero-order valence-electron chi connectivity index (χ0n) is 22.9. The Morgan fingerprint density at radius 2 is 1.80 bits per heavy atom. The molecule has 6 rings (SSSR count). The van der Waals surface area contributed by atoms with Gasteiger partial charge in [0.15, 0.2) is 5.65 Å². The summed E-state index contributed by atoms with van der Waals surface area (Å²) in [6.07, 6.45) is 8.15. The van der Waals surface area contributed by atoms with E-state index in [0.29, 0.717) is 18.8 Å². The number of H-pyrrole nitrogens is 1. The van der Waals surface area contributed by atoms with Gasteiger partial charge in [0.25, 0.3) is 0 Å². The molecule has 2 aliphatic rings. The van der Waals surface area contributed by atoms with Crippen LogP contribution in [-0.4, -0.2) is 44.2 Å². The molecule has 0 spiro atoms. The highest BCUT2D eigenvalue weighted by Gasteiger charge is 2.34. The number of benzene rings is 1. The first-order chi connectivity index (χ1) is 19.5. The van der Waals surface area contributed by atoms with Gasteiger partial charge in [0, 0.05) is 43.5 Å². The molecule has 0 radical (unpaired) electrons. The lowest BCUT2D eigenvalue weighted by atomic mass is 9.82. The van der Waals surface area contributed by atoms with Crippen molar-refractivity contribution < 1.29 is 9.13 Å². The lowest BCUT2D eigenvalue weighted by Gasteiger charge is -2.33. The maximum absolute atomic E-state index is 14.8. The molecule has 3 unspecified atom stereocenters. The highest BCUT2D eigenvalue weighted by molar-refractivity contribution is 5.70. The smallest absolute Gasteiger partial charge is 0.327 e. The van der Waals surface area contributed by atoms with Crippen LogP contribution < -0.4 is 11.4 Å². The van der Waals surface area contributed by atoms with Crippen LogP contribution in [0.1, 0.15) is 85.5 Å². The SMILES string of the molecule is CCCc1c(F)cccc1C1CCC(OCN2CCC(n3c(=O)[nH]c4ncccc43)CC2)c2ncccc2C1N. The number of nitrogens with two attached hydrogens (primary N) is 1. The zero-order chi connectivity index (χ0) is 27.6. The van der Waals surface area contributed by atoms with Crippen LogP contribution in [0.2, 0.25) is 0 Å². The van der Waals surface area contributed by atoms with E-state index in [1.807, 2.05) is 34.9 Å².